The van der Waals surface area contributed by atoms with Crippen LogP contribution in [0.15, 0.2) is 30.5 Å². The Kier molecular flexibility index (Phi) is 6.76. The van der Waals surface area contributed by atoms with Crippen molar-refractivity contribution < 1.29 is 46.3 Å². The van der Waals surface area contributed by atoms with E-state index in [0.29, 0.717) is 5.56 Å². The lowest BCUT2D eigenvalue weighted by Crippen LogP contribution is -2.51. The first-order valence-corrected chi connectivity index (χ1v) is 11.9. The van der Waals surface area contributed by atoms with E-state index in [1.165, 1.54) is 12.1 Å². The van der Waals surface area contributed by atoms with Gasteiger partial charge in [-0.05, 0) is 36.8 Å². The van der Waals surface area contributed by atoms with Gasteiger partial charge in [0.1, 0.15) is 18.0 Å². The van der Waals surface area contributed by atoms with E-state index >= 15 is 4.39 Å². The van der Waals surface area contributed by atoms with Crippen molar-refractivity contribution in [3.05, 3.63) is 46.9 Å². The fraction of sp³-hybridized carbons (Fsp3) is 0.500. The van der Waals surface area contributed by atoms with Gasteiger partial charge in [0.2, 0.25) is 5.91 Å². The molecule has 180 valence electrons. The molecule has 9 nitrogen and oxygen atoms in total. The molecule has 1 aromatic carbocycles. The Morgan fingerprint density at radius 3 is 2.82 bits per heavy atom. The number of phosphoric ester groups is 1. The number of ether oxygens (including phenoxy) is 1. The molecule has 0 aliphatic carbocycles. The van der Waals surface area contributed by atoms with Crippen LogP contribution in [0.4, 0.5) is 8.78 Å². The molecule has 0 radical (unpaired) electrons. The van der Waals surface area contributed by atoms with E-state index in [0.717, 1.165) is 30.2 Å². The standard InChI is InChI=1S/C20H21ClF2NO8P/c1-20(23)18(27)16(31-19(20)24-4-2-14(25)9-17(24)26)10-30-33(28)29-5-3-15(32-33)11-6-12(21)8-13(22)7-11/h2,4,6-8,15-16,18-19,27H,3,5,9-10H2,1H3/t15-,16+,18+,19+,20+,33?/m0/s1. The second-order valence-corrected chi connectivity index (χ2v) is 10.1. The summed E-state index contributed by atoms with van der Waals surface area (Å²) < 4.78 is 63.2. The highest BCUT2D eigenvalue weighted by atomic mass is 35.5. The van der Waals surface area contributed by atoms with E-state index in [1.54, 1.807) is 0 Å². The van der Waals surface area contributed by atoms with Gasteiger partial charge in [0.05, 0.1) is 25.7 Å². The predicted molar refractivity (Wildman–Crippen MR) is 109 cm³/mol. The number of hydrogen-bond donors (Lipinski definition) is 1. The number of carbonyl (C=O) groups excluding carboxylic acids is 2. The molecular formula is C20H21ClF2NO8P. The third-order valence-electron chi connectivity index (χ3n) is 5.54. The van der Waals surface area contributed by atoms with Crippen molar-refractivity contribution in [1.82, 2.24) is 4.90 Å². The Morgan fingerprint density at radius 1 is 1.36 bits per heavy atom. The lowest BCUT2D eigenvalue weighted by Gasteiger charge is -2.32. The molecule has 2 fully saturated rings. The van der Waals surface area contributed by atoms with Gasteiger partial charge in [-0.25, -0.2) is 13.3 Å². The minimum atomic E-state index is -4.18. The monoisotopic (exact) mass is 507 g/mol. The van der Waals surface area contributed by atoms with E-state index in [2.05, 4.69) is 0 Å². The maximum absolute atomic E-state index is 15.3. The number of amides is 1. The summed E-state index contributed by atoms with van der Waals surface area (Å²) in [5, 5.41) is 10.6. The predicted octanol–water partition coefficient (Wildman–Crippen LogP) is 3.21. The van der Waals surface area contributed by atoms with Gasteiger partial charge in [0.15, 0.2) is 17.7 Å². The third kappa shape index (κ3) is 5.05. The van der Waals surface area contributed by atoms with Gasteiger partial charge >= 0.3 is 7.82 Å². The van der Waals surface area contributed by atoms with Crippen LogP contribution in [0.1, 0.15) is 31.4 Å². The molecular weight excluding hydrogens is 487 g/mol. The summed E-state index contributed by atoms with van der Waals surface area (Å²) in [6, 6.07) is 3.76. The second kappa shape index (κ2) is 9.14. The summed E-state index contributed by atoms with van der Waals surface area (Å²) in [7, 11) is -4.18. The minimum Gasteiger partial charge on any atom is -0.387 e. The average Bonchev–Trinajstić information content (AvgIpc) is 2.95. The molecule has 0 spiro atoms. The first-order chi connectivity index (χ1) is 15.5. The molecule has 4 rings (SSSR count). The number of aliphatic hydroxyl groups excluding tert-OH is 1. The van der Waals surface area contributed by atoms with Crippen molar-refractivity contribution in [2.45, 2.75) is 50.0 Å². The fourth-order valence-corrected chi connectivity index (χ4v) is 5.46. The maximum Gasteiger partial charge on any atom is 0.475 e. The largest absolute Gasteiger partial charge is 0.475 e. The Balaban J connectivity index is 1.43. The van der Waals surface area contributed by atoms with Crippen LogP contribution < -0.4 is 0 Å². The van der Waals surface area contributed by atoms with Gasteiger partial charge in [-0.2, -0.15) is 0 Å². The maximum atomic E-state index is 15.3. The number of allylic oxidation sites excluding steroid dienone is 1. The zero-order valence-electron chi connectivity index (χ0n) is 17.4. The molecule has 1 unspecified atom stereocenters. The molecule has 3 heterocycles. The SMILES string of the molecule is C[C@@]1(F)[C@H](O)[C@@H](COP2(=O)OCC[C@@H](c3cc(F)cc(Cl)c3)O2)O[C@H]1N1C=CC(=O)CC1=O. The molecule has 0 aromatic heterocycles. The zero-order chi connectivity index (χ0) is 24.0. The number of ketones is 1. The summed E-state index contributed by atoms with van der Waals surface area (Å²) in [5.41, 5.74) is -2.08. The van der Waals surface area contributed by atoms with Crippen molar-refractivity contribution in [3.63, 3.8) is 0 Å². The number of hydrogen-bond acceptors (Lipinski definition) is 8. The van der Waals surface area contributed by atoms with Crippen LogP contribution in [0.3, 0.4) is 0 Å². The molecule has 2 saturated heterocycles. The van der Waals surface area contributed by atoms with Crippen LogP contribution in [0.5, 0.6) is 0 Å². The Labute approximate surface area is 192 Å². The number of aliphatic hydroxyl groups is 1. The number of phosphoric acid groups is 1. The number of rotatable bonds is 5. The van der Waals surface area contributed by atoms with E-state index in [-0.39, 0.29) is 18.1 Å². The first-order valence-electron chi connectivity index (χ1n) is 10.1. The highest BCUT2D eigenvalue weighted by molar-refractivity contribution is 7.48. The van der Waals surface area contributed by atoms with Crippen LogP contribution in [0.2, 0.25) is 5.02 Å². The van der Waals surface area contributed by atoms with Crippen LogP contribution >= 0.6 is 19.4 Å². The molecule has 3 aliphatic heterocycles. The summed E-state index contributed by atoms with van der Waals surface area (Å²) in [6.45, 7) is 0.420. The Bertz CT molecular complexity index is 1020. The summed E-state index contributed by atoms with van der Waals surface area (Å²) in [5.74, 6) is -1.72. The first kappa shape index (κ1) is 24.4. The van der Waals surface area contributed by atoms with Crippen molar-refractivity contribution in [1.29, 1.82) is 0 Å². The van der Waals surface area contributed by atoms with Crippen molar-refractivity contribution in [2.75, 3.05) is 13.2 Å². The smallest absolute Gasteiger partial charge is 0.387 e. The molecule has 1 N–H and O–H groups in total. The fourth-order valence-electron chi connectivity index (χ4n) is 3.84. The zero-order valence-corrected chi connectivity index (χ0v) is 19.0. The molecule has 13 heteroatoms. The molecule has 1 aromatic rings. The number of alkyl halides is 1. The van der Waals surface area contributed by atoms with Gasteiger partial charge in [0.25, 0.3) is 0 Å². The molecule has 0 saturated carbocycles. The number of carbonyl (C=O) groups is 2. The molecule has 3 aliphatic rings. The van der Waals surface area contributed by atoms with Gasteiger partial charge in [-0.3, -0.25) is 28.1 Å². The number of nitrogens with zero attached hydrogens (tertiary/aromatic N) is 1. The highest BCUT2D eigenvalue weighted by Gasteiger charge is 2.57. The van der Waals surface area contributed by atoms with E-state index in [4.69, 9.17) is 29.9 Å². The van der Waals surface area contributed by atoms with Crippen LogP contribution in [-0.4, -0.2) is 59.0 Å². The van der Waals surface area contributed by atoms with Crippen LogP contribution in [0.25, 0.3) is 0 Å². The lowest BCUT2D eigenvalue weighted by molar-refractivity contribution is -0.151. The molecule has 1 amide bonds. The van der Waals surface area contributed by atoms with Crippen molar-refractivity contribution in [3.8, 4) is 0 Å². The van der Waals surface area contributed by atoms with Crippen LogP contribution in [-0.2, 0) is 32.5 Å². The molecule has 0 bridgehead atoms. The number of halogens is 3. The quantitative estimate of drug-likeness (QED) is 0.478. The molecule has 6 atom stereocenters. The second-order valence-electron chi connectivity index (χ2n) is 8.04. The minimum absolute atomic E-state index is 0.0330. The van der Waals surface area contributed by atoms with Crippen molar-refractivity contribution in [2.24, 2.45) is 0 Å². The Hall–Kier alpha value is -1.72. The van der Waals surface area contributed by atoms with Gasteiger partial charge in [-0.15, -0.1) is 0 Å². The van der Waals surface area contributed by atoms with E-state index in [1.807, 2.05) is 0 Å². The average molecular weight is 508 g/mol. The normalized spacial score (nSPS) is 37.1. The summed E-state index contributed by atoms with van der Waals surface area (Å²) in [4.78, 5) is 24.4. The highest BCUT2D eigenvalue weighted by Crippen LogP contribution is 2.57. The lowest BCUT2D eigenvalue weighted by atomic mass is 9.97. The van der Waals surface area contributed by atoms with Gasteiger partial charge in [0, 0.05) is 17.6 Å². The number of benzene rings is 1. The third-order valence-corrected chi connectivity index (χ3v) is 7.24. The molecule has 33 heavy (non-hydrogen) atoms. The van der Waals surface area contributed by atoms with Gasteiger partial charge < -0.3 is 9.84 Å². The van der Waals surface area contributed by atoms with Crippen molar-refractivity contribution >= 4 is 31.1 Å². The van der Waals surface area contributed by atoms with Gasteiger partial charge in [-0.1, -0.05) is 11.6 Å². The van der Waals surface area contributed by atoms with E-state index in [9.17, 15) is 23.7 Å². The summed E-state index contributed by atoms with van der Waals surface area (Å²) in [6.07, 6.45) is -3.45. The Morgan fingerprint density at radius 2 is 2.12 bits per heavy atom. The van der Waals surface area contributed by atoms with Crippen LogP contribution in [0, 0.1) is 5.82 Å². The van der Waals surface area contributed by atoms with E-state index < -0.39 is 68.6 Å². The summed E-state index contributed by atoms with van der Waals surface area (Å²) >= 11 is 5.87. The topological polar surface area (TPSA) is 112 Å².